The van der Waals surface area contributed by atoms with Crippen LogP contribution in [0.15, 0.2) is 54.6 Å². The molecule has 0 atom stereocenters. The van der Waals surface area contributed by atoms with Crippen LogP contribution in [0.5, 0.6) is 0 Å². The number of amides is 1. The number of piperazine rings is 1. The van der Waals surface area contributed by atoms with Gasteiger partial charge in [0.1, 0.15) is 0 Å². The predicted octanol–water partition coefficient (Wildman–Crippen LogP) is 2.87. The van der Waals surface area contributed by atoms with E-state index in [1.165, 1.54) is 11.3 Å². The van der Waals surface area contributed by atoms with Gasteiger partial charge in [-0.1, -0.05) is 42.5 Å². The van der Waals surface area contributed by atoms with Crippen LogP contribution in [0.25, 0.3) is 0 Å². The number of hydrogen-bond donors (Lipinski definition) is 1. The molecule has 1 amide bonds. The Hall–Kier alpha value is -2.42. The monoisotopic (exact) mass is 498 g/mol. The molecule has 0 spiro atoms. The third kappa shape index (κ3) is 7.29. The van der Waals surface area contributed by atoms with E-state index in [1.807, 2.05) is 30.3 Å². The van der Waals surface area contributed by atoms with E-state index in [2.05, 4.69) is 46.3 Å². The van der Waals surface area contributed by atoms with E-state index in [1.54, 1.807) is 4.31 Å². The fourth-order valence-electron chi connectivity index (χ4n) is 4.99. The van der Waals surface area contributed by atoms with Crippen molar-refractivity contribution >= 4 is 21.6 Å². The first-order valence-electron chi connectivity index (χ1n) is 12.7. The van der Waals surface area contributed by atoms with Crippen molar-refractivity contribution in [3.8, 4) is 0 Å². The van der Waals surface area contributed by atoms with Gasteiger partial charge in [0.15, 0.2) is 0 Å². The Morgan fingerprint density at radius 1 is 0.943 bits per heavy atom. The zero-order valence-corrected chi connectivity index (χ0v) is 21.5. The molecule has 0 bridgehead atoms. The van der Waals surface area contributed by atoms with Crippen molar-refractivity contribution in [1.82, 2.24) is 14.5 Å². The van der Waals surface area contributed by atoms with Crippen molar-refractivity contribution in [2.45, 2.75) is 31.9 Å². The number of carbonyl (C=O) groups is 1. The van der Waals surface area contributed by atoms with E-state index in [0.717, 1.165) is 44.7 Å². The first-order valence-corrected chi connectivity index (χ1v) is 14.3. The number of aryl methyl sites for hydroxylation is 1. The van der Waals surface area contributed by atoms with Crippen LogP contribution in [0.1, 0.15) is 30.4 Å². The Labute approximate surface area is 210 Å². The maximum absolute atomic E-state index is 12.7. The Bertz CT molecular complexity index is 1060. The summed E-state index contributed by atoms with van der Waals surface area (Å²) in [6, 6.07) is 17.9. The lowest BCUT2D eigenvalue weighted by Crippen LogP contribution is -2.47. The molecule has 0 aliphatic carbocycles. The van der Waals surface area contributed by atoms with Crippen LogP contribution in [0.2, 0.25) is 0 Å². The first kappa shape index (κ1) is 25.7. The molecule has 0 radical (unpaired) electrons. The average molecular weight is 499 g/mol. The molecular formula is C27H38N4O3S. The summed E-state index contributed by atoms with van der Waals surface area (Å²) < 4.78 is 27.0. The molecular weight excluding hydrogens is 460 g/mol. The van der Waals surface area contributed by atoms with Gasteiger partial charge in [-0.05, 0) is 56.0 Å². The summed E-state index contributed by atoms with van der Waals surface area (Å²) in [5.41, 5.74) is 3.39. The van der Waals surface area contributed by atoms with Crippen LogP contribution in [0.3, 0.4) is 0 Å². The highest BCUT2D eigenvalue weighted by molar-refractivity contribution is 7.88. The molecule has 2 aliphatic heterocycles. The topological polar surface area (TPSA) is 73.0 Å². The number of hydrogen-bond acceptors (Lipinski definition) is 5. The lowest BCUT2D eigenvalue weighted by Gasteiger charge is -2.36. The standard InChI is InChI=1S/C27H38N4O3S/c1-23-7-5-10-26(21-23)30-19-17-29(18-20-30)14-6-13-28-27(32)25-11-15-31(16-12-25)35(33,34)22-24-8-3-2-4-9-24/h2-5,7-10,21,25H,6,11-20,22H2,1H3,(H,28,32). The molecule has 190 valence electrons. The molecule has 2 saturated heterocycles. The Balaban J connectivity index is 1.11. The van der Waals surface area contributed by atoms with Crippen molar-refractivity contribution in [3.63, 3.8) is 0 Å². The van der Waals surface area contributed by atoms with Gasteiger partial charge in [-0.15, -0.1) is 0 Å². The first-order chi connectivity index (χ1) is 16.9. The van der Waals surface area contributed by atoms with Crippen molar-refractivity contribution < 1.29 is 13.2 Å². The van der Waals surface area contributed by atoms with Gasteiger partial charge in [-0.2, -0.15) is 0 Å². The molecule has 2 fully saturated rings. The van der Waals surface area contributed by atoms with Crippen molar-refractivity contribution in [2.24, 2.45) is 5.92 Å². The SMILES string of the molecule is Cc1cccc(N2CCN(CCCNC(=O)C3CCN(S(=O)(=O)Cc4ccccc4)CC3)CC2)c1. The number of carbonyl (C=O) groups excluding carboxylic acids is 1. The van der Waals surface area contributed by atoms with Crippen LogP contribution in [0.4, 0.5) is 5.69 Å². The number of benzene rings is 2. The zero-order chi connectivity index (χ0) is 24.7. The van der Waals surface area contributed by atoms with Gasteiger partial charge in [0.2, 0.25) is 15.9 Å². The molecule has 2 aromatic rings. The number of anilines is 1. The largest absolute Gasteiger partial charge is 0.369 e. The molecule has 2 aromatic carbocycles. The highest BCUT2D eigenvalue weighted by atomic mass is 32.2. The minimum absolute atomic E-state index is 0.0178. The predicted molar refractivity (Wildman–Crippen MR) is 141 cm³/mol. The van der Waals surface area contributed by atoms with E-state index in [-0.39, 0.29) is 17.6 Å². The Kier molecular flexibility index (Phi) is 8.81. The summed E-state index contributed by atoms with van der Waals surface area (Å²) in [4.78, 5) is 17.5. The smallest absolute Gasteiger partial charge is 0.223 e. The van der Waals surface area contributed by atoms with Crippen LogP contribution in [-0.4, -0.2) is 75.9 Å². The van der Waals surface area contributed by atoms with Crippen LogP contribution >= 0.6 is 0 Å². The maximum atomic E-state index is 12.7. The molecule has 4 rings (SSSR count). The van der Waals surface area contributed by atoms with E-state index in [9.17, 15) is 13.2 Å². The molecule has 0 aromatic heterocycles. The Morgan fingerprint density at radius 2 is 1.66 bits per heavy atom. The zero-order valence-electron chi connectivity index (χ0n) is 20.7. The summed E-state index contributed by atoms with van der Waals surface area (Å²) in [7, 11) is -3.35. The maximum Gasteiger partial charge on any atom is 0.223 e. The second-order valence-electron chi connectivity index (χ2n) is 9.73. The second-order valence-corrected chi connectivity index (χ2v) is 11.7. The minimum Gasteiger partial charge on any atom is -0.369 e. The molecule has 2 aliphatic rings. The van der Waals surface area contributed by atoms with E-state index >= 15 is 0 Å². The molecule has 7 nitrogen and oxygen atoms in total. The molecule has 8 heteroatoms. The quantitative estimate of drug-likeness (QED) is 0.539. The third-order valence-electron chi connectivity index (χ3n) is 7.10. The van der Waals surface area contributed by atoms with Crippen molar-refractivity contribution in [2.75, 3.05) is 57.3 Å². The summed E-state index contributed by atoms with van der Waals surface area (Å²) in [6.45, 7) is 8.75. The van der Waals surface area contributed by atoms with Gasteiger partial charge >= 0.3 is 0 Å². The van der Waals surface area contributed by atoms with Gasteiger partial charge in [0, 0.05) is 57.4 Å². The van der Waals surface area contributed by atoms with Gasteiger partial charge in [0.25, 0.3) is 0 Å². The van der Waals surface area contributed by atoms with E-state index in [4.69, 9.17) is 0 Å². The molecule has 0 unspecified atom stereocenters. The van der Waals surface area contributed by atoms with Gasteiger partial charge in [-0.3, -0.25) is 9.69 Å². The van der Waals surface area contributed by atoms with Gasteiger partial charge in [-0.25, -0.2) is 12.7 Å². The fraction of sp³-hybridized carbons (Fsp3) is 0.519. The number of rotatable bonds is 9. The number of nitrogens with one attached hydrogen (secondary N) is 1. The van der Waals surface area contributed by atoms with E-state index < -0.39 is 10.0 Å². The lowest BCUT2D eigenvalue weighted by molar-refractivity contribution is -0.126. The van der Waals surface area contributed by atoms with Crippen molar-refractivity contribution in [1.29, 1.82) is 0 Å². The summed E-state index contributed by atoms with van der Waals surface area (Å²) in [5, 5.41) is 3.08. The van der Waals surface area contributed by atoms with E-state index in [0.29, 0.717) is 32.5 Å². The normalized spacial score (nSPS) is 18.5. The molecule has 35 heavy (non-hydrogen) atoms. The number of piperidine rings is 1. The lowest BCUT2D eigenvalue weighted by atomic mass is 9.97. The molecule has 2 heterocycles. The highest BCUT2D eigenvalue weighted by Gasteiger charge is 2.31. The molecule has 0 saturated carbocycles. The number of sulfonamides is 1. The number of nitrogens with zero attached hydrogens (tertiary/aromatic N) is 3. The van der Waals surface area contributed by atoms with Crippen LogP contribution in [0, 0.1) is 12.8 Å². The summed E-state index contributed by atoms with van der Waals surface area (Å²) in [5.74, 6) is -0.0188. The second kappa shape index (κ2) is 12.0. The van der Waals surface area contributed by atoms with Crippen LogP contribution < -0.4 is 10.2 Å². The minimum atomic E-state index is -3.35. The average Bonchev–Trinajstić information content (AvgIpc) is 2.87. The summed E-state index contributed by atoms with van der Waals surface area (Å²) >= 11 is 0. The molecule has 1 N–H and O–H groups in total. The third-order valence-corrected chi connectivity index (χ3v) is 8.95. The highest BCUT2D eigenvalue weighted by Crippen LogP contribution is 2.22. The van der Waals surface area contributed by atoms with Crippen molar-refractivity contribution in [3.05, 3.63) is 65.7 Å². The van der Waals surface area contributed by atoms with Gasteiger partial charge < -0.3 is 10.2 Å². The van der Waals surface area contributed by atoms with Crippen LogP contribution in [-0.2, 0) is 20.6 Å². The Morgan fingerprint density at radius 3 is 2.34 bits per heavy atom. The fourth-order valence-corrected chi connectivity index (χ4v) is 6.55. The van der Waals surface area contributed by atoms with Gasteiger partial charge in [0.05, 0.1) is 5.75 Å². The summed E-state index contributed by atoms with van der Waals surface area (Å²) in [6.07, 6.45) is 2.10.